The van der Waals surface area contributed by atoms with Gasteiger partial charge in [0.25, 0.3) is 0 Å². The molecule has 0 bridgehead atoms. The fourth-order valence-electron chi connectivity index (χ4n) is 3.07. The summed E-state index contributed by atoms with van der Waals surface area (Å²) in [6, 6.07) is 6.76. The fraction of sp³-hybridized carbons (Fsp3) is 0.647. The Morgan fingerprint density at radius 3 is 2.67 bits per heavy atom. The average molecular weight is 329 g/mol. The van der Waals surface area contributed by atoms with Crippen LogP contribution in [0.3, 0.4) is 0 Å². The topological polar surface area (TPSA) is 15.3 Å². The molecule has 2 nitrogen and oxygen atoms in total. The van der Waals surface area contributed by atoms with E-state index >= 15 is 0 Å². The van der Waals surface area contributed by atoms with Crippen LogP contribution in [0.15, 0.2) is 18.2 Å². The monoisotopic (exact) mass is 328 g/mol. The van der Waals surface area contributed by atoms with Crippen LogP contribution in [0, 0.1) is 5.92 Å². The number of nitrogens with zero attached hydrogens (tertiary/aromatic N) is 1. The highest BCUT2D eigenvalue weighted by atomic mass is 35.5. The fourth-order valence-corrected chi connectivity index (χ4v) is 3.61. The Balaban J connectivity index is 1.91. The zero-order valence-electron chi connectivity index (χ0n) is 13.2. The van der Waals surface area contributed by atoms with Gasteiger partial charge in [-0.3, -0.25) is 0 Å². The maximum Gasteiger partial charge on any atom is 0.0468 e. The minimum Gasteiger partial charge on any atom is -0.310 e. The molecule has 2 rings (SSSR count). The van der Waals surface area contributed by atoms with Crippen LogP contribution < -0.4 is 5.32 Å². The van der Waals surface area contributed by atoms with Crippen molar-refractivity contribution in [3.05, 3.63) is 33.8 Å². The number of benzene rings is 1. The molecule has 0 aliphatic carbocycles. The van der Waals surface area contributed by atoms with E-state index in [0.29, 0.717) is 17.1 Å². The summed E-state index contributed by atoms with van der Waals surface area (Å²) in [5.74, 6) is 0.743. The second-order valence-corrected chi connectivity index (χ2v) is 7.12. The van der Waals surface area contributed by atoms with Gasteiger partial charge in [0.2, 0.25) is 0 Å². The number of hydrogen-bond donors (Lipinski definition) is 1. The van der Waals surface area contributed by atoms with Gasteiger partial charge in [-0.05, 0) is 63.4 Å². The Hall–Kier alpha value is -0.280. The molecule has 1 N–H and O–H groups in total. The molecule has 1 fully saturated rings. The lowest BCUT2D eigenvalue weighted by atomic mass is 10.0. The van der Waals surface area contributed by atoms with Crippen molar-refractivity contribution in [2.45, 2.75) is 45.7 Å². The number of nitrogens with one attached hydrogen (secondary N) is 1. The Bertz CT molecular complexity index is 462. The largest absolute Gasteiger partial charge is 0.310 e. The van der Waals surface area contributed by atoms with Crippen LogP contribution in [0.2, 0.25) is 10.0 Å². The van der Waals surface area contributed by atoms with Crippen molar-refractivity contribution >= 4 is 23.2 Å². The van der Waals surface area contributed by atoms with E-state index in [9.17, 15) is 0 Å². The van der Waals surface area contributed by atoms with Crippen molar-refractivity contribution in [2.75, 3.05) is 19.6 Å². The van der Waals surface area contributed by atoms with Gasteiger partial charge >= 0.3 is 0 Å². The van der Waals surface area contributed by atoms with Crippen LogP contribution in [0.1, 0.15) is 45.2 Å². The highest BCUT2D eigenvalue weighted by Gasteiger charge is 2.24. The Labute approximate surface area is 138 Å². The SMILES string of the molecule is CCC(NCC1CCN(C(C)C)C1)c1ccc(Cl)cc1Cl. The highest BCUT2D eigenvalue weighted by Crippen LogP contribution is 2.28. The zero-order valence-corrected chi connectivity index (χ0v) is 14.7. The van der Waals surface area contributed by atoms with Crippen LogP contribution in [-0.2, 0) is 0 Å². The van der Waals surface area contributed by atoms with E-state index in [1.807, 2.05) is 18.2 Å². The van der Waals surface area contributed by atoms with E-state index in [2.05, 4.69) is 31.0 Å². The standard InChI is InChI=1S/C17H26Cl2N2/c1-4-17(15-6-5-14(18)9-16(15)19)20-10-13-7-8-21(11-13)12(2)3/h5-6,9,12-13,17,20H,4,7-8,10-11H2,1-3H3. The number of likely N-dealkylation sites (tertiary alicyclic amines) is 1. The van der Waals surface area contributed by atoms with Crippen molar-refractivity contribution in [3.63, 3.8) is 0 Å². The molecule has 118 valence electrons. The van der Waals surface area contributed by atoms with E-state index in [1.54, 1.807) is 0 Å². The summed E-state index contributed by atoms with van der Waals surface area (Å²) >= 11 is 12.3. The summed E-state index contributed by atoms with van der Waals surface area (Å²) in [4.78, 5) is 2.56. The molecule has 0 spiro atoms. The van der Waals surface area contributed by atoms with Crippen LogP contribution >= 0.6 is 23.2 Å². The molecule has 2 unspecified atom stereocenters. The van der Waals surface area contributed by atoms with Gasteiger partial charge in [0.05, 0.1) is 0 Å². The average Bonchev–Trinajstić information content (AvgIpc) is 2.90. The third-order valence-corrected chi connectivity index (χ3v) is 5.01. The number of hydrogen-bond acceptors (Lipinski definition) is 2. The van der Waals surface area contributed by atoms with E-state index in [0.717, 1.165) is 29.5 Å². The van der Waals surface area contributed by atoms with Gasteiger partial charge in [-0.2, -0.15) is 0 Å². The Kier molecular flexibility index (Phi) is 6.36. The summed E-state index contributed by atoms with van der Waals surface area (Å²) in [6.45, 7) is 10.2. The Morgan fingerprint density at radius 1 is 1.33 bits per heavy atom. The van der Waals surface area contributed by atoms with Gasteiger partial charge in [-0.15, -0.1) is 0 Å². The molecular weight excluding hydrogens is 303 g/mol. The van der Waals surface area contributed by atoms with Gasteiger partial charge < -0.3 is 10.2 Å². The summed E-state index contributed by atoms with van der Waals surface area (Å²) in [5.41, 5.74) is 1.15. The van der Waals surface area contributed by atoms with E-state index in [1.165, 1.54) is 19.5 Å². The molecule has 0 amide bonds. The van der Waals surface area contributed by atoms with E-state index in [-0.39, 0.29) is 0 Å². The van der Waals surface area contributed by atoms with Crippen molar-refractivity contribution in [1.29, 1.82) is 0 Å². The van der Waals surface area contributed by atoms with Gasteiger partial charge in [-0.25, -0.2) is 0 Å². The van der Waals surface area contributed by atoms with Crippen LogP contribution in [-0.4, -0.2) is 30.6 Å². The van der Waals surface area contributed by atoms with Gasteiger partial charge in [-0.1, -0.05) is 36.2 Å². The van der Waals surface area contributed by atoms with E-state index in [4.69, 9.17) is 23.2 Å². The Morgan fingerprint density at radius 2 is 2.10 bits per heavy atom. The normalized spacial score (nSPS) is 21.1. The predicted molar refractivity (Wildman–Crippen MR) is 92.3 cm³/mol. The van der Waals surface area contributed by atoms with Crippen molar-refractivity contribution in [3.8, 4) is 0 Å². The van der Waals surface area contributed by atoms with Crippen molar-refractivity contribution in [1.82, 2.24) is 10.2 Å². The first-order valence-electron chi connectivity index (χ1n) is 7.93. The molecule has 1 aromatic carbocycles. The van der Waals surface area contributed by atoms with Crippen LogP contribution in [0.4, 0.5) is 0 Å². The molecule has 1 aliphatic heterocycles. The first-order valence-corrected chi connectivity index (χ1v) is 8.69. The second kappa shape index (κ2) is 7.82. The molecule has 21 heavy (non-hydrogen) atoms. The number of halogens is 2. The maximum absolute atomic E-state index is 6.33. The summed E-state index contributed by atoms with van der Waals surface area (Å²) in [5, 5.41) is 5.15. The first kappa shape index (κ1) is 17.1. The second-order valence-electron chi connectivity index (χ2n) is 6.28. The molecule has 0 aromatic heterocycles. The molecule has 0 radical (unpaired) electrons. The lowest BCUT2D eigenvalue weighted by molar-refractivity contribution is 0.262. The molecule has 2 atom stereocenters. The van der Waals surface area contributed by atoms with Crippen LogP contribution in [0.25, 0.3) is 0 Å². The smallest absolute Gasteiger partial charge is 0.0468 e. The van der Waals surface area contributed by atoms with Crippen molar-refractivity contribution < 1.29 is 0 Å². The molecule has 4 heteroatoms. The summed E-state index contributed by atoms with van der Waals surface area (Å²) < 4.78 is 0. The van der Waals surface area contributed by atoms with Gasteiger partial charge in [0.15, 0.2) is 0 Å². The van der Waals surface area contributed by atoms with Gasteiger partial charge in [0.1, 0.15) is 0 Å². The zero-order chi connectivity index (χ0) is 15.4. The maximum atomic E-state index is 6.33. The lowest BCUT2D eigenvalue weighted by Gasteiger charge is -2.23. The molecule has 1 aromatic rings. The van der Waals surface area contributed by atoms with Crippen molar-refractivity contribution in [2.24, 2.45) is 5.92 Å². The van der Waals surface area contributed by atoms with E-state index < -0.39 is 0 Å². The number of rotatable bonds is 6. The molecular formula is C17H26Cl2N2. The third-order valence-electron chi connectivity index (χ3n) is 4.45. The summed E-state index contributed by atoms with van der Waals surface area (Å²) in [6.07, 6.45) is 2.32. The molecule has 0 saturated carbocycles. The lowest BCUT2D eigenvalue weighted by Crippen LogP contribution is -2.32. The first-order chi connectivity index (χ1) is 10.0. The minimum atomic E-state index is 0.308. The molecule has 1 heterocycles. The van der Waals surface area contributed by atoms with Gasteiger partial charge in [0, 0.05) is 28.7 Å². The highest BCUT2D eigenvalue weighted by molar-refractivity contribution is 6.35. The third kappa shape index (κ3) is 4.59. The predicted octanol–water partition coefficient (Wildman–Crippen LogP) is 4.76. The quantitative estimate of drug-likeness (QED) is 0.809. The minimum absolute atomic E-state index is 0.308. The summed E-state index contributed by atoms with van der Waals surface area (Å²) in [7, 11) is 0. The molecule has 1 aliphatic rings. The van der Waals surface area contributed by atoms with Crippen LogP contribution in [0.5, 0.6) is 0 Å². The molecule has 1 saturated heterocycles.